The molecule has 1 saturated heterocycles. The van der Waals surface area contributed by atoms with Crippen LogP contribution in [0.25, 0.3) is 0 Å². The van der Waals surface area contributed by atoms with Gasteiger partial charge in [-0.2, -0.15) is 5.26 Å². The molecule has 0 amide bonds. The van der Waals surface area contributed by atoms with Gasteiger partial charge in [-0.1, -0.05) is 0 Å². The van der Waals surface area contributed by atoms with E-state index in [4.69, 9.17) is 5.26 Å². The van der Waals surface area contributed by atoms with Gasteiger partial charge in [0.15, 0.2) is 0 Å². The van der Waals surface area contributed by atoms with E-state index in [1.807, 2.05) is 22.9 Å². The quantitative estimate of drug-likeness (QED) is 0.731. The molecule has 0 aliphatic carbocycles. The zero-order valence-corrected chi connectivity index (χ0v) is 7.53. The molecule has 1 aliphatic heterocycles. The van der Waals surface area contributed by atoms with E-state index in [0.29, 0.717) is 6.04 Å². The van der Waals surface area contributed by atoms with Crippen LogP contribution >= 0.6 is 0 Å². The van der Waals surface area contributed by atoms with E-state index >= 15 is 0 Å². The van der Waals surface area contributed by atoms with E-state index in [9.17, 15) is 0 Å². The van der Waals surface area contributed by atoms with Crippen LogP contribution in [0.3, 0.4) is 0 Å². The molecule has 1 N–H and O–H groups in total. The Bertz CT molecular complexity index is 315. The third-order valence-corrected chi connectivity index (χ3v) is 2.52. The lowest BCUT2D eigenvalue weighted by Gasteiger charge is -2.11. The number of nitrogens with zero attached hydrogens (tertiary/aromatic N) is 2. The van der Waals surface area contributed by atoms with E-state index < -0.39 is 0 Å². The summed E-state index contributed by atoms with van der Waals surface area (Å²) < 4.78 is 2.02. The largest absolute Gasteiger partial charge is 0.338 e. The smallest absolute Gasteiger partial charge is 0.120 e. The molecule has 1 aromatic heterocycles. The summed E-state index contributed by atoms with van der Waals surface area (Å²) >= 11 is 0. The maximum absolute atomic E-state index is 8.79. The highest BCUT2D eigenvalue weighted by Crippen LogP contribution is 2.09. The van der Waals surface area contributed by atoms with E-state index in [-0.39, 0.29) is 0 Å². The third kappa shape index (κ3) is 1.73. The van der Waals surface area contributed by atoms with E-state index in [0.717, 1.165) is 18.8 Å². The summed E-state index contributed by atoms with van der Waals surface area (Å²) in [6, 6.07) is 6.52. The molecule has 68 valence electrons. The Hall–Kier alpha value is -1.27. The highest BCUT2D eigenvalue weighted by molar-refractivity contribution is 5.22. The van der Waals surface area contributed by atoms with Crippen molar-refractivity contribution in [1.29, 1.82) is 5.26 Å². The highest BCUT2D eigenvalue weighted by Gasteiger charge is 2.14. The van der Waals surface area contributed by atoms with Crippen LogP contribution < -0.4 is 5.32 Å². The second-order valence-electron chi connectivity index (χ2n) is 3.45. The average molecular weight is 175 g/mol. The van der Waals surface area contributed by atoms with Crippen LogP contribution in [0.5, 0.6) is 0 Å². The number of nitrogens with one attached hydrogen (secondary N) is 1. The number of hydrogen-bond donors (Lipinski definition) is 1. The van der Waals surface area contributed by atoms with Crippen molar-refractivity contribution < 1.29 is 0 Å². The predicted molar refractivity (Wildman–Crippen MR) is 50.2 cm³/mol. The lowest BCUT2D eigenvalue weighted by Crippen LogP contribution is -2.26. The van der Waals surface area contributed by atoms with Crippen LogP contribution in [0.1, 0.15) is 18.5 Å². The Kier molecular flexibility index (Phi) is 2.33. The second-order valence-corrected chi connectivity index (χ2v) is 3.45. The molecule has 1 aromatic rings. The van der Waals surface area contributed by atoms with Gasteiger partial charge in [0.2, 0.25) is 0 Å². The summed E-state index contributed by atoms with van der Waals surface area (Å²) in [6.45, 7) is 2.05. The van der Waals surface area contributed by atoms with Crippen molar-refractivity contribution in [3.63, 3.8) is 0 Å². The Morgan fingerprint density at radius 1 is 1.69 bits per heavy atom. The maximum Gasteiger partial charge on any atom is 0.120 e. The van der Waals surface area contributed by atoms with Crippen LogP contribution in [-0.4, -0.2) is 17.2 Å². The first kappa shape index (κ1) is 8.33. The third-order valence-electron chi connectivity index (χ3n) is 2.52. The molecule has 3 heteroatoms. The molecule has 2 heterocycles. The molecule has 1 atom stereocenters. The van der Waals surface area contributed by atoms with Crippen molar-refractivity contribution in [3.8, 4) is 6.07 Å². The molecule has 0 spiro atoms. The average Bonchev–Trinajstić information content (AvgIpc) is 2.76. The SMILES string of the molecule is N#Cc1cccn1C[C@H]1CCCN1. The zero-order valence-electron chi connectivity index (χ0n) is 7.53. The molecule has 0 bridgehead atoms. The van der Waals surface area contributed by atoms with Gasteiger partial charge in [0.25, 0.3) is 0 Å². The summed E-state index contributed by atoms with van der Waals surface area (Å²) in [5.41, 5.74) is 0.758. The summed E-state index contributed by atoms with van der Waals surface area (Å²) in [5.74, 6) is 0. The number of aromatic nitrogens is 1. The Labute approximate surface area is 78.0 Å². The van der Waals surface area contributed by atoms with Crippen molar-refractivity contribution in [3.05, 3.63) is 24.0 Å². The minimum atomic E-state index is 0.555. The molecule has 3 nitrogen and oxygen atoms in total. The van der Waals surface area contributed by atoms with Crippen LogP contribution in [0.2, 0.25) is 0 Å². The molecular weight excluding hydrogens is 162 g/mol. The number of nitriles is 1. The highest BCUT2D eigenvalue weighted by atomic mass is 15.0. The summed E-state index contributed by atoms with van der Waals surface area (Å²) in [5, 5.41) is 12.2. The van der Waals surface area contributed by atoms with Crippen molar-refractivity contribution in [2.75, 3.05) is 6.54 Å². The van der Waals surface area contributed by atoms with Gasteiger partial charge in [-0.15, -0.1) is 0 Å². The Balaban J connectivity index is 2.04. The fourth-order valence-electron chi connectivity index (χ4n) is 1.82. The molecular formula is C10H13N3. The van der Waals surface area contributed by atoms with Crippen LogP contribution in [0.4, 0.5) is 0 Å². The molecule has 13 heavy (non-hydrogen) atoms. The molecule has 0 aromatic carbocycles. The van der Waals surface area contributed by atoms with Crippen LogP contribution in [0.15, 0.2) is 18.3 Å². The molecule has 1 aliphatic rings. The van der Waals surface area contributed by atoms with E-state index in [1.54, 1.807) is 0 Å². The molecule has 0 saturated carbocycles. The Morgan fingerprint density at radius 2 is 2.62 bits per heavy atom. The summed E-state index contributed by atoms with van der Waals surface area (Å²) in [6.07, 6.45) is 4.45. The zero-order chi connectivity index (χ0) is 9.10. The van der Waals surface area contributed by atoms with Gasteiger partial charge in [0.05, 0.1) is 0 Å². The first-order valence-corrected chi connectivity index (χ1v) is 4.69. The lowest BCUT2D eigenvalue weighted by molar-refractivity contribution is 0.508. The van der Waals surface area contributed by atoms with Crippen molar-refractivity contribution in [1.82, 2.24) is 9.88 Å². The van der Waals surface area contributed by atoms with E-state index in [1.165, 1.54) is 12.8 Å². The van der Waals surface area contributed by atoms with Crippen LogP contribution in [0, 0.1) is 11.3 Å². The fraction of sp³-hybridized carbons (Fsp3) is 0.500. The van der Waals surface area contributed by atoms with Gasteiger partial charge in [-0.3, -0.25) is 0 Å². The van der Waals surface area contributed by atoms with Gasteiger partial charge in [-0.05, 0) is 31.5 Å². The van der Waals surface area contributed by atoms with Gasteiger partial charge in [0.1, 0.15) is 11.8 Å². The Morgan fingerprint density at radius 3 is 3.31 bits per heavy atom. The van der Waals surface area contributed by atoms with Gasteiger partial charge >= 0.3 is 0 Å². The summed E-state index contributed by atoms with van der Waals surface area (Å²) in [7, 11) is 0. The summed E-state index contributed by atoms with van der Waals surface area (Å²) in [4.78, 5) is 0. The first-order chi connectivity index (χ1) is 6.40. The molecule has 1 fully saturated rings. The van der Waals surface area contributed by atoms with Crippen molar-refractivity contribution >= 4 is 0 Å². The van der Waals surface area contributed by atoms with Crippen molar-refractivity contribution in [2.45, 2.75) is 25.4 Å². The number of hydrogen-bond acceptors (Lipinski definition) is 2. The molecule has 2 rings (SSSR count). The first-order valence-electron chi connectivity index (χ1n) is 4.69. The van der Waals surface area contributed by atoms with E-state index in [2.05, 4.69) is 11.4 Å². The van der Waals surface area contributed by atoms with Gasteiger partial charge < -0.3 is 9.88 Å². The minimum absolute atomic E-state index is 0.555. The number of rotatable bonds is 2. The standard InChI is InChI=1S/C10H13N3/c11-7-10-4-2-6-13(10)8-9-3-1-5-12-9/h2,4,6,9,12H,1,3,5,8H2/t9-/m1/s1. The fourth-order valence-corrected chi connectivity index (χ4v) is 1.82. The molecule has 0 unspecified atom stereocenters. The topological polar surface area (TPSA) is 40.8 Å². The normalized spacial score (nSPS) is 21.6. The monoisotopic (exact) mass is 175 g/mol. The minimum Gasteiger partial charge on any atom is -0.338 e. The van der Waals surface area contributed by atoms with Gasteiger partial charge in [-0.25, -0.2) is 0 Å². The predicted octanol–water partition coefficient (Wildman–Crippen LogP) is 1.11. The maximum atomic E-state index is 8.79. The van der Waals surface area contributed by atoms with Crippen LogP contribution in [-0.2, 0) is 6.54 Å². The second kappa shape index (κ2) is 3.63. The van der Waals surface area contributed by atoms with Crippen molar-refractivity contribution in [2.24, 2.45) is 0 Å². The lowest BCUT2D eigenvalue weighted by atomic mass is 10.2. The molecule has 0 radical (unpaired) electrons. The van der Waals surface area contributed by atoms with Gasteiger partial charge in [0, 0.05) is 18.8 Å².